The number of ether oxygens (including phenoxy) is 1. The number of primary amides is 1. The summed E-state index contributed by atoms with van der Waals surface area (Å²) in [6, 6.07) is 15.9. The minimum Gasteiger partial charge on any atom is -0.488 e. The number of nitrogens with two attached hydrogens (primary N) is 1. The number of rotatable bonds is 18. The standard InChI is InChI=1S/C42H46FN9O9/c1-23(2)35(50-36(53)27-9-7-10-29(19-27)48-37(54)30-11-5-6-13-34(30)60-22-31-24(3)51-61-25(31)4)39(56)49-33(12-8-18-45-41(44)58)38(55)47-28-16-14-26(15-17-28)21-52-40(57)32(43)20-46-42(52)59/h5-7,9-11,13-17,19-20,23,33,35H,8,12,18,21-22H2,1-4H3,(H,46,59)(H,47,55)(H,48,54)(H,49,56)(H,50,53)(H3,44,45,58)/t33-,35-/m0/s1. The Morgan fingerprint density at radius 3 is 2.33 bits per heavy atom. The van der Waals surface area contributed by atoms with E-state index in [1.54, 1.807) is 64.1 Å². The average Bonchev–Trinajstić information content (AvgIpc) is 3.56. The van der Waals surface area contributed by atoms with Crippen molar-refractivity contribution in [2.24, 2.45) is 11.7 Å². The lowest BCUT2D eigenvalue weighted by molar-refractivity contribution is -0.128. The average molecular weight is 840 g/mol. The predicted molar refractivity (Wildman–Crippen MR) is 221 cm³/mol. The van der Waals surface area contributed by atoms with Gasteiger partial charge in [-0.15, -0.1) is 0 Å². The Morgan fingerprint density at radius 2 is 1.64 bits per heavy atom. The van der Waals surface area contributed by atoms with Crippen molar-refractivity contribution >= 4 is 41.0 Å². The molecule has 2 aromatic heterocycles. The van der Waals surface area contributed by atoms with Crippen LogP contribution < -0.4 is 48.3 Å². The fourth-order valence-electron chi connectivity index (χ4n) is 6.12. The van der Waals surface area contributed by atoms with Gasteiger partial charge in [0.1, 0.15) is 30.2 Å². The van der Waals surface area contributed by atoms with Crippen molar-refractivity contribution < 1.29 is 37.6 Å². The monoisotopic (exact) mass is 839 g/mol. The molecule has 0 saturated carbocycles. The number of urea groups is 1. The molecule has 0 unspecified atom stereocenters. The second-order valence-electron chi connectivity index (χ2n) is 14.3. The van der Waals surface area contributed by atoms with Gasteiger partial charge in [0, 0.05) is 29.7 Å². The number of aromatic amines is 1. The van der Waals surface area contributed by atoms with E-state index in [1.165, 1.54) is 36.4 Å². The van der Waals surface area contributed by atoms with Crippen LogP contribution in [0.3, 0.4) is 0 Å². The van der Waals surface area contributed by atoms with E-state index in [0.29, 0.717) is 44.9 Å². The van der Waals surface area contributed by atoms with Gasteiger partial charge in [-0.1, -0.05) is 49.3 Å². The number of para-hydroxylation sites is 1. The van der Waals surface area contributed by atoms with E-state index in [2.05, 4.69) is 36.7 Å². The van der Waals surface area contributed by atoms with Gasteiger partial charge < -0.3 is 46.6 Å². The number of benzene rings is 3. The molecule has 320 valence electrons. The molecule has 5 aromatic rings. The van der Waals surface area contributed by atoms with Crippen molar-refractivity contribution in [1.82, 2.24) is 30.7 Å². The van der Waals surface area contributed by atoms with Gasteiger partial charge in [-0.3, -0.25) is 28.5 Å². The third-order valence-electron chi connectivity index (χ3n) is 9.48. The molecule has 19 heteroatoms. The number of carbonyl (C=O) groups is 5. The molecule has 0 radical (unpaired) electrons. The fraction of sp³-hybridized carbons (Fsp3) is 0.286. The number of halogens is 1. The van der Waals surface area contributed by atoms with Gasteiger partial charge in [0.05, 0.1) is 23.4 Å². The van der Waals surface area contributed by atoms with Gasteiger partial charge >= 0.3 is 11.7 Å². The number of hydrogen-bond donors (Lipinski definition) is 7. The van der Waals surface area contributed by atoms with Crippen molar-refractivity contribution in [3.05, 3.63) is 139 Å². The SMILES string of the molecule is Cc1noc(C)c1COc1ccccc1C(=O)Nc1cccc(C(=O)N[C@H](C(=O)N[C@@H](CCCNC(N)=O)C(=O)Nc2ccc(Cn3c(=O)[nH]cc(F)c3=O)cc2)C(C)C)c1. The maximum absolute atomic E-state index is 13.8. The number of carbonyl (C=O) groups excluding carboxylic acids is 5. The Morgan fingerprint density at radius 1 is 0.902 bits per heavy atom. The topological polar surface area (TPSA) is 262 Å². The molecule has 8 N–H and O–H groups in total. The van der Waals surface area contributed by atoms with Crippen LogP contribution in [0.1, 0.15) is 70.0 Å². The van der Waals surface area contributed by atoms with Crippen molar-refractivity contribution in [2.45, 2.75) is 65.8 Å². The Hall–Kier alpha value is -7.57. The summed E-state index contributed by atoms with van der Waals surface area (Å²) in [4.78, 5) is 91.9. The Bertz CT molecular complexity index is 2490. The molecule has 3 aromatic carbocycles. The predicted octanol–water partition coefficient (Wildman–Crippen LogP) is 3.49. The molecule has 0 aliphatic heterocycles. The molecule has 0 saturated heterocycles. The summed E-state index contributed by atoms with van der Waals surface area (Å²) in [5.74, 6) is -3.03. The van der Waals surface area contributed by atoms with Gasteiger partial charge in [0.2, 0.25) is 17.6 Å². The highest BCUT2D eigenvalue weighted by Crippen LogP contribution is 2.23. The van der Waals surface area contributed by atoms with Crippen LogP contribution in [-0.2, 0) is 22.7 Å². The largest absolute Gasteiger partial charge is 0.488 e. The van der Waals surface area contributed by atoms with Gasteiger partial charge in [0.15, 0.2) is 0 Å². The van der Waals surface area contributed by atoms with Crippen molar-refractivity contribution in [3.8, 4) is 5.75 Å². The van der Waals surface area contributed by atoms with Crippen LogP contribution in [-0.4, -0.2) is 63.0 Å². The quantitative estimate of drug-likeness (QED) is 0.0632. The smallest absolute Gasteiger partial charge is 0.328 e. The number of anilines is 2. The second-order valence-corrected chi connectivity index (χ2v) is 14.3. The molecule has 6 amide bonds. The Labute approximate surface area is 348 Å². The zero-order chi connectivity index (χ0) is 44.2. The van der Waals surface area contributed by atoms with Gasteiger partial charge in [0.25, 0.3) is 17.4 Å². The normalized spacial score (nSPS) is 11.9. The molecule has 0 bridgehead atoms. The van der Waals surface area contributed by atoms with E-state index in [9.17, 15) is 38.0 Å². The minimum absolute atomic E-state index is 0.0652. The van der Waals surface area contributed by atoms with Gasteiger partial charge in [-0.25, -0.2) is 9.59 Å². The first-order chi connectivity index (χ1) is 29.1. The number of H-pyrrole nitrogens is 1. The zero-order valence-electron chi connectivity index (χ0n) is 33.8. The van der Waals surface area contributed by atoms with Crippen LogP contribution >= 0.6 is 0 Å². The maximum atomic E-state index is 13.8. The van der Waals surface area contributed by atoms with Crippen molar-refractivity contribution in [1.29, 1.82) is 0 Å². The highest BCUT2D eigenvalue weighted by atomic mass is 19.1. The number of hydrogen-bond acceptors (Lipinski definition) is 10. The summed E-state index contributed by atoms with van der Waals surface area (Å²) in [6.07, 6.45) is 0.990. The number of aryl methyl sites for hydroxylation is 2. The molecule has 2 heterocycles. The maximum Gasteiger partial charge on any atom is 0.328 e. The summed E-state index contributed by atoms with van der Waals surface area (Å²) in [7, 11) is 0. The molecule has 5 rings (SSSR count). The Kier molecular flexibility index (Phi) is 14.9. The van der Waals surface area contributed by atoms with Crippen LogP contribution in [0.2, 0.25) is 0 Å². The van der Waals surface area contributed by atoms with E-state index < -0.39 is 64.7 Å². The Balaban J connectivity index is 1.24. The summed E-state index contributed by atoms with van der Waals surface area (Å²) >= 11 is 0. The molecule has 0 fully saturated rings. The first-order valence-corrected chi connectivity index (χ1v) is 19.2. The van der Waals surface area contributed by atoms with Gasteiger partial charge in [-0.2, -0.15) is 4.39 Å². The van der Waals surface area contributed by atoms with Crippen LogP contribution in [0, 0.1) is 25.6 Å². The van der Waals surface area contributed by atoms with Gasteiger partial charge in [-0.05, 0) is 80.6 Å². The molecular formula is C42H46FN9O9. The third-order valence-corrected chi connectivity index (χ3v) is 9.48. The zero-order valence-corrected chi connectivity index (χ0v) is 33.8. The van der Waals surface area contributed by atoms with E-state index in [-0.39, 0.29) is 43.7 Å². The van der Waals surface area contributed by atoms with Crippen LogP contribution in [0.15, 0.2) is 93.1 Å². The van der Waals surface area contributed by atoms with E-state index in [4.69, 9.17) is 15.0 Å². The second kappa shape index (κ2) is 20.4. The first-order valence-electron chi connectivity index (χ1n) is 19.2. The summed E-state index contributed by atoms with van der Waals surface area (Å²) in [5.41, 5.74) is 6.19. The van der Waals surface area contributed by atoms with Crippen LogP contribution in [0.25, 0.3) is 0 Å². The van der Waals surface area contributed by atoms with E-state index in [1.807, 2.05) is 0 Å². The molecule has 0 aliphatic carbocycles. The fourth-order valence-corrected chi connectivity index (χ4v) is 6.12. The number of nitrogens with one attached hydrogen (secondary N) is 6. The number of aromatic nitrogens is 3. The lowest BCUT2D eigenvalue weighted by Crippen LogP contribution is -2.54. The molecule has 0 aliphatic rings. The highest BCUT2D eigenvalue weighted by molar-refractivity contribution is 6.07. The molecular weight excluding hydrogens is 794 g/mol. The lowest BCUT2D eigenvalue weighted by Gasteiger charge is -2.25. The highest BCUT2D eigenvalue weighted by Gasteiger charge is 2.29. The molecule has 2 atom stereocenters. The lowest BCUT2D eigenvalue weighted by atomic mass is 10.0. The number of nitrogens with zero attached hydrogens (tertiary/aromatic N) is 2. The van der Waals surface area contributed by atoms with Crippen molar-refractivity contribution in [2.75, 3.05) is 17.2 Å². The van der Waals surface area contributed by atoms with E-state index >= 15 is 0 Å². The minimum atomic E-state index is -1.14. The summed E-state index contributed by atoms with van der Waals surface area (Å²) in [6.45, 7) is 7.00. The summed E-state index contributed by atoms with van der Waals surface area (Å²) in [5, 5.41) is 17.3. The van der Waals surface area contributed by atoms with E-state index in [0.717, 1.165) is 5.56 Å². The van der Waals surface area contributed by atoms with Crippen LogP contribution in [0.5, 0.6) is 5.75 Å². The first kappa shape index (κ1) is 44.5. The van der Waals surface area contributed by atoms with Crippen LogP contribution in [0.4, 0.5) is 20.6 Å². The summed E-state index contributed by atoms with van der Waals surface area (Å²) < 4.78 is 25.6. The molecule has 0 spiro atoms. The molecule has 61 heavy (non-hydrogen) atoms. The molecule has 18 nitrogen and oxygen atoms in total. The number of amides is 6. The third kappa shape index (κ3) is 12.0. The van der Waals surface area contributed by atoms with Crippen molar-refractivity contribution in [3.63, 3.8) is 0 Å².